The molecule has 4 aromatic carbocycles. The Morgan fingerprint density at radius 2 is 0.608 bits per heavy atom. The molecule has 10 aromatic rings. The van der Waals surface area contributed by atoms with Crippen molar-refractivity contribution in [1.82, 2.24) is 64.9 Å². The quantitative estimate of drug-likeness (QED) is 0.0553. The van der Waals surface area contributed by atoms with Crippen molar-refractivity contribution in [2.75, 3.05) is 19.8 Å². The summed E-state index contributed by atoms with van der Waals surface area (Å²) in [6, 6.07) is 40.3. The first-order valence-electron chi connectivity index (χ1n) is 32.6. The largest absolute Gasteiger partial charge is 0.487 e. The Morgan fingerprint density at radius 3 is 0.882 bits per heavy atom. The third-order valence-corrected chi connectivity index (χ3v) is 18.5. The fraction of sp³-hybridized carbons (Fsp3) is 0.296. The highest BCUT2D eigenvalue weighted by molar-refractivity contribution is 6.00. The van der Waals surface area contributed by atoms with Crippen LogP contribution in [0.3, 0.4) is 0 Å². The van der Waals surface area contributed by atoms with Crippen LogP contribution in [0.4, 0.5) is 0 Å². The lowest BCUT2D eigenvalue weighted by atomic mass is 9.98. The molecule has 15 rings (SSSR count). The van der Waals surface area contributed by atoms with Crippen LogP contribution in [0.5, 0.6) is 17.2 Å². The number of fused-ring (bicyclic) bond motifs is 8. The van der Waals surface area contributed by atoms with E-state index < -0.39 is 112 Å². The highest BCUT2D eigenvalue weighted by Crippen LogP contribution is 2.41. The van der Waals surface area contributed by atoms with Gasteiger partial charge in [-0.25, -0.2) is 24.0 Å². The molecular weight excluding hydrogens is 1320 g/mol. The first-order valence-corrected chi connectivity index (χ1v) is 32.6. The molecule has 5 aliphatic rings. The van der Waals surface area contributed by atoms with Gasteiger partial charge in [0.15, 0.2) is 18.7 Å². The number of hydrogen-bond acceptors (Lipinski definition) is 26. The predicted octanol–water partition coefficient (Wildman–Crippen LogP) is 2.75. The van der Waals surface area contributed by atoms with Gasteiger partial charge in [-0.2, -0.15) is 0 Å². The molecule has 5 aliphatic heterocycles. The van der Waals surface area contributed by atoms with Gasteiger partial charge in [-0.1, -0.05) is 82.4 Å². The van der Waals surface area contributed by atoms with Crippen molar-refractivity contribution in [1.29, 1.82) is 0 Å². The summed E-state index contributed by atoms with van der Waals surface area (Å²) in [6.45, 7) is -1.96. The summed E-state index contributed by atoms with van der Waals surface area (Å²) >= 11 is 0. The molecule has 102 heavy (non-hydrogen) atoms. The van der Waals surface area contributed by atoms with Gasteiger partial charge in [0.1, 0.15) is 127 Å². The van der Waals surface area contributed by atoms with E-state index in [2.05, 4.69) is 40.9 Å². The zero-order valence-electron chi connectivity index (χ0n) is 53.8. The molecule has 0 aliphatic carbocycles. The topological polar surface area (TPSA) is 448 Å². The summed E-state index contributed by atoms with van der Waals surface area (Å²) in [5.41, 5.74) is 12.7. The maximum atomic E-state index is 10.7. The average molecular weight is 1390 g/mol. The highest BCUT2D eigenvalue weighted by atomic mass is 16.6. The molecule has 526 valence electrons. The monoisotopic (exact) mass is 1390 g/mol. The van der Waals surface area contributed by atoms with Crippen molar-refractivity contribution in [2.45, 2.75) is 112 Å². The molecular formula is C71H69N13O18. The van der Waals surface area contributed by atoms with Crippen LogP contribution in [0.15, 0.2) is 146 Å². The minimum atomic E-state index is -1.61. The first kappa shape index (κ1) is 67.5. The van der Waals surface area contributed by atoms with Crippen LogP contribution in [0.2, 0.25) is 0 Å². The van der Waals surface area contributed by atoms with E-state index in [-0.39, 0.29) is 19.8 Å². The van der Waals surface area contributed by atoms with Gasteiger partial charge >= 0.3 is 0 Å². The van der Waals surface area contributed by atoms with Gasteiger partial charge in [0.05, 0.1) is 61.2 Å². The maximum Gasteiger partial charge on any atom is 0.180 e. The zero-order chi connectivity index (χ0) is 70.4. The number of rotatable bonds is 19. The Hall–Kier alpha value is -10.3. The third-order valence-electron chi connectivity index (χ3n) is 18.5. The van der Waals surface area contributed by atoms with Crippen molar-refractivity contribution >= 4 is 46.4 Å². The van der Waals surface area contributed by atoms with E-state index in [0.717, 1.165) is 55.5 Å². The van der Waals surface area contributed by atoms with Crippen molar-refractivity contribution in [2.24, 2.45) is 0 Å². The average Bonchev–Trinajstić information content (AvgIpc) is 1.60. The van der Waals surface area contributed by atoms with E-state index in [1.807, 2.05) is 140 Å². The number of nitrogens with zero attached hydrogens (tertiary/aromatic N) is 11. The smallest absolute Gasteiger partial charge is 0.180 e. The second-order valence-electron chi connectivity index (χ2n) is 25.0. The summed E-state index contributed by atoms with van der Waals surface area (Å²) in [6.07, 6.45) is -8.96. The third kappa shape index (κ3) is 13.1. The molecule has 0 saturated carbocycles. The van der Waals surface area contributed by atoms with Crippen LogP contribution in [-0.2, 0) is 34.0 Å². The molecule has 0 amide bonds. The summed E-state index contributed by atoms with van der Waals surface area (Å²) in [5.74, 6) is 1.44. The van der Waals surface area contributed by atoms with E-state index in [4.69, 9.17) is 38.4 Å². The normalized spacial score (nSPS) is 25.6. The fourth-order valence-electron chi connectivity index (χ4n) is 13.1. The summed E-state index contributed by atoms with van der Waals surface area (Å²) in [4.78, 5) is 18.4. The number of ether oxygens (including phenoxy) is 6. The Bertz CT molecular complexity index is 4750. The molecule has 31 nitrogen and oxygen atoms in total. The summed E-state index contributed by atoms with van der Waals surface area (Å²) in [5, 5.41) is 148. The van der Waals surface area contributed by atoms with Gasteiger partial charge in [0, 0.05) is 44.3 Å². The molecule has 3 fully saturated rings. The minimum absolute atomic E-state index is 0.0452. The fourth-order valence-corrected chi connectivity index (χ4v) is 13.1. The van der Waals surface area contributed by atoms with Crippen molar-refractivity contribution in [3.8, 4) is 61.8 Å². The Kier molecular flexibility index (Phi) is 18.9. The lowest BCUT2D eigenvalue weighted by molar-refractivity contribution is -0.254. The lowest BCUT2D eigenvalue weighted by Gasteiger charge is -2.39. The molecule has 31 heteroatoms. The van der Waals surface area contributed by atoms with Crippen molar-refractivity contribution in [3.05, 3.63) is 186 Å². The maximum absolute atomic E-state index is 10.7. The standard InChI is InChI=1S/C71H69N13O18/c85-29-53-60(88)63(91)66(94)69(100-53)82-26-39(76-79-82)32-97-42-12-6-36(7-13-42)57-47-20-18-45(72-47)56(35-4-2-1-3-5-35)46-19-21-48(73-46)58(37-8-14-43(15-9-37)98-33-40-27-83(80-77-40)70-67(95)64(92)61(89)54(30-86)101-70)50-23-25-52(75-50)59(51-24-22-49(57)74-51)38-10-16-44(17-11-38)99-34-41-28-84(81-78-41)71-68(96)65(93)62(90)55(31-87)102-71/h1-28,53-55,60-72,75,85-96H,29-34H2/t53-,54-,55-,60-,61-,62-,63+,64+,65+,66-,67-,68-,69-,70-,71-/m1/s1. The molecule has 14 N–H and O–H groups in total. The van der Waals surface area contributed by atoms with Crippen LogP contribution < -0.4 is 14.2 Å². The van der Waals surface area contributed by atoms with Crippen molar-refractivity contribution in [3.63, 3.8) is 0 Å². The number of aliphatic hydroxyl groups is 12. The van der Waals surface area contributed by atoms with Crippen molar-refractivity contribution < 1.29 is 89.7 Å². The van der Waals surface area contributed by atoms with E-state index in [0.29, 0.717) is 68.1 Å². The minimum Gasteiger partial charge on any atom is -0.487 e. The number of benzene rings is 4. The molecule has 11 heterocycles. The van der Waals surface area contributed by atoms with Gasteiger partial charge in [-0.05, 0) is 107 Å². The van der Waals surface area contributed by atoms with Crippen LogP contribution in [0.25, 0.3) is 90.9 Å². The number of H-pyrrole nitrogens is 2. The van der Waals surface area contributed by atoms with E-state index in [9.17, 15) is 61.3 Å². The van der Waals surface area contributed by atoms with Gasteiger partial charge in [0.2, 0.25) is 0 Å². The Morgan fingerprint density at radius 1 is 0.333 bits per heavy atom. The molecule has 15 atom stereocenters. The number of aliphatic hydroxyl groups excluding tert-OH is 12. The predicted molar refractivity (Wildman–Crippen MR) is 361 cm³/mol. The van der Waals surface area contributed by atoms with Crippen LogP contribution in [0, 0.1) is 0 Å². The second-order valence-corrected chi connectivity index (χ2v) is 25.0. The number of nitrogens with one attached hydrogen (secondary N) is 2. The number of aromatic nitrogens is 13. The molecule has 0 radical (unpaired) electrons. The molecule has 8 bridgehead atoms. The zero-order valence-corrected chi connectivity index (χ0v) is 53.8. The lowest BCUT2D eigenvalue weighted by Crippen LogP contribution is -2.56. The molecule has 0 spiro atoms. The summed E-state index contributed by atoms with van der Waals surface area (Å²) < 4.78 is 39.2. The second kappa shape index (κ2) is 28.6. The highest BCUT2D eigenvalue weighted by Gasteiger charge is 2.47. The van der Waals surface area contributed by atoms with Gasteiger partial charge < -0.3 is 99.7 Å². The van der Waals surface area contributed by atoms with E-state index in [1.165, 1.54) is 32.6 Å². The first-order chi connectivity index (χ1) is 49.6. The van der Waals surface area contributed by atoms with E-state index in [1.54, 1.807) is 12.1 Å². The molecule has 3 saturated heterocycles. The Labute approximate surface area is 577 Å². The van der Waals surface area contributed by atoms with Gasteiger partial charge in [0.25, 0.3) is 0 Å². The van der Waals surface area contributed by atoms with Gasteiger partial charge in [-0.3, -0.25) is 0 Å². The number of aromatic amines is 2. The molecule has 6 aromatic heterocycles. The Balaban J connectivity index is 0.795. The molecule has 0 unspecified atom stereocenters. The van der Waals surface area contributed by atoms with Crippen LogP contribution in [0.1, 0.15) is 58.5 Å². The van der Waals surface area contributed by atoms with Crippen LogP contribution >= 0.6 is 0 Å². The van der Waals surface area contributed by atoms with Gasteiger partial charge in [-0.15, -0.1) is 15.3 Å². The SMILES string of the molecule is OC[C@H]1O[C@@H](n2cc(COc3ccc(-c4c5nc(c(-c6ccc(OCc7cn([C@@H]8O[C@H](CO)[C@@H](O)[C@H](O)[C@H]8O)nn7)cc6)c6ccc([nH]6)c(-c6ccc(OCc7cn([C@@H]8O[C@H](CO)[C@@H](O)[C@H](O)[C@H]8O)nn7)cc6)c6nc(c(-c7ccccc7)c7ccc4[nH]7)C=C6)C=C5)cc3)nn2)[C@H](O)[C@@H](O)[C@@H]1O. The van der Waals surface area contributed by atoms with Crippen LogP contribution in [-0.4, -0.2) is 219 Å². The number of hydrogen-bond donors (Lipinski definition) is 14. The summed E-state index contributed by atoms with van der Waals surface area (Å²) in [7, 11) is 0. The van der Waals surface area contributed by atoms with E-state index >= 15 is 0 Å².